The highest BCUT2D eigenvalue weighted by molar-refractivity contribution is 4.81. The SMILES string of the molecule is CC(NCC(C)(C)C(C)C)C1CCCC1. The smallest absolute Gasteiger partial charge is 0.00672 e. The standard InChI is InChI=1S/C14H29N/c1-11(2)14(4,5)10-15-12(3)13-8-6-7-9-13/h11-13,15H,6-10H2,1-5H3. The minimum Gasteiger partial charge on any atom is -0.313 e. The molecule has 1 aliphatic rings. The minimum atomic E-state index is 0.423. The van der Waals surface area contributed by atoms with Crippen molar-refractivity contribution in [2.45, 2.75) is 66.3 Å². The first kappa shape index (κ1) is 13.0. The van der Waals surface area contributed by atoms with Gasteiger partial charge in [-0.15, -0.1) is 0 Å². The lowest BCUT2D eigenvalue weighted by atomic mass is 9.81. The van der Waals surface area contributed by atoms with Gasteiger partial charge in [-0.2, -0.15) is 0 Å². The van der Waals surface area contributed by atoms with E-state index < -0.39 is 0 Å². The van der Waals surface area contributed by atoms with Crippen molar-refractivity contribution in [3.63, 3.8) is 0 Å². The number of hydrogen-bond acceptors (Lipinski definition) is 1. The molecular weight excluding hydrogens is 182 g/mol. The summed E-state index contributed by atoms with van der Waals surface area (Å²) in [6, 6.07) is 0.713. The molecule has 15 heavy (non-hydrogen) atoms. The van der Waals surface area contributed by atoms with Crippen molar-refractivity contribution in [2.24, 2.45) is 17.3 Å². The van der Waals surface area contributed by atoms with E-state index in [4.69, 9.17) is 0 Å². The number of hydrogen-bond donors (Lipinski definition) is 1. The summed E-state index contributed by atoms with van der Waals surface area (Å²) < 4.78 is 0. The van der Waals surface area contributed by atoms with Crippen LogP contribution in [0.4, 0.5) is 0 Å². The highest BCUT2D eigenvalue weighted by Crippen LogP contribution is 2.29. The summed E-state index contributed by atoms with van der Waals surface area (Å²) in [7, 11) is 0. The Balaban J connectivity index is 2.29. The summed E-state index contributed by atoms with van der Waals surface area (Å²) in [6.45, 7) is 12.9. The molecule has 1 unspecified atom stereocenters. The van der Waals surface area contributed by atoms with E-state index in [0.29, 0.717) is 11.5 Å². The van der Waals surface area contributed by atoms with Crippen LogP contribution in [-0.2, 0) is 0 Å². The average molecular weight is 211 g/mol. The van der Waals surface area contributed by atoms with Gasteiger partial charge in [0.1, 0.15) is 0 Å². The van der Waals surface area contributed by atoms with Crippen molar-refractivity contribution >= 4 is 0 Å². The minimum absolute atomic E-state index is 0.423. The number of nitrogens with one attached hydrogen (secondary N) is 1. The highest BCUT2D eigenvalue weighted by Gasteiger charge is 2.26. The zero-order chi connectivity index (χ0) is 11.5. The predicted octanol–water partition coefficient (Wildman–Crippen LogP) is 3.84. The molecule has 0 saturated heterocycles. The van der Waals surface area contributed by atoms with E-state index in [-0.39, 0.29) is 0 Å². The maximum atomic E-state index is 3.75. The third kappa shape index (κ3) is 3.79. The van der Waals surface area contributed by atoms with Crippen LogP contribution >= 0.6 is 0 Å². The molecule has 1 aliphatic carbocycles. The van der Waals surface area contributed by atoms with Gasteiger partial charge in [-0.1, -0.05) is 40.5 Å². The lowest BCUT2D eigenvalue weighted by Crippen LogP contribution is -2.40. The monoisotopic (exact) mass is 211 g/mol. The van der Waals surface area contributed by atoms with Crippen molar-refractivity contribution in [3.05, 3.63) is 0 Å². The summed E-state index contributed by atoms with van der Waals surface area (Å²) in [5.74, 6) is 1.69. The van der Waals surface area contributed by atoms with Crippen LogP contribution in [0.1, 0.15) is 60.3 Å². The molecule has 1 fully saturated rings. The average Bonchev–Trinajstić information content (AvgIpc) is 2.66. The van der Waals surface area contributed by atoms with E-state index in [1.54, 1.807) is 0 Å². The van der Waals surface area contributed by atoms with Crippen LogP contribution in [0.15, 0.2) is 0 Å². The van der Waals surface area contributed by atoms with E-state index in [1.807, 2.05) is 0 Å². The van der Waals surface area contributed by atoms with Gasteiger partial charge in [-0.3, -0.25) is 0 Å². The van der Waals surface area contributed by atoms with E-state index in [1.165, 1.54) is 25.7 Å². The molecular formula is C14H29N. The maximum absolute atomic E-state index is 3.75. The van der Waals surface area contributed by atoms with Gasteiger partial charge in [-0.05, 0) is 37.0 Å². The van der Waals surface area contributed by atoms with Gasteiger partial charge in [0.2, 0.25) is 0 Å². The summed E-state index contributed by atoms with van der Waals surface area (Å²) in [6.07, 6.45) is 5.78. The lowest BCUT2D eigenvalue weighted by molar-refractivity contribution is 0.217. The molecule has 0 amide bonds. The van der Waals surface area contributed by atoms with Crippen molar-refractivity contribution in [3.8, 4) is 0 Å². The fraction of sp³-hybridized carbons (Fsp3) is 1.00. The van der Waals surface area contributed by atoms with E-state index in [9.17, 15) is 0 Å². The van der Waals surface area contributed by atoms with Gasteiger partial charge in [0.15, 0.2) is 0 Å². The molecule has 0 radical (unpaired) electrons. The van der Waals surface area contributed by atoms with Gasteiger partial charge < -0.3 is 5.32 Å². The van der Waals surface area contributed by atoms with E-state index in [2.05, 4.69) is 39.9 Å². The van der Waals surface area contributed by atoms with Gasteiger partial charge in [0.05, 0.1) is 0 Å². The van der Waals surface area contributed by atoms with E-state index in [0.717, 1.165) is 18.4 Å². The summed E-state index contributed by atoms with van der Waals surface area (Å²) in [5, 5.41) is 3.75. The van der Waals surface area contributed by atoms with Crippen LogP contribution in [0.5, 0.6) is 0 Å². The second-order valence-electron chi connectivity index (χ2n) is 6.36. The first-order chi connectivity index (χ1) is 6.93. The van der Waals surface area contributed by atoms with Crippen molar-refractivity contribution in [1.29, 1.82) is 0 Å². The van der Waals surface area contributed by atoms with Crippen LogP contribution in [0.25, 0.3) is 0 Å². The molecule has 0 bridgehead atoms. The van der Waals surface area contributed by atoms with E-state index >= 15 is 0 Å². The van der Waals surface area contributed by atoms with Crippen LogP contribution < -0.4 is 5.32 Å². The van der Waals surface area contributed by atoms with Crippen molar-refractivity contribution in [1.82, 2.24) is 5.32 Å². The Labute approximate surface area is 96.0 Å². The summed E-state index contributed by atoms with van der Waals surface area (Å²) in [5.41, 5.74) is 0.423. The zero-order valence-corrected chi connectivity index (χ0v) is 11.3. The van der Waals surface area contributed by atoms with Gasteiger partial charge in [0, 0.05) is 12.6 Å². The van der Waals surface area contributed by atoms with Crippen LogP contribution in [0.2, 0.25) is 0 Å². The van der Waals surface area contributed by atoms with Gasteiger partial charge >= 0.3 is 0 Å². The molecule has 90 valence electrons. The topological polar surface area (TPSA) is 12.0 Å². The van der Waals surface area contributed by atoms with Crippen LogP contribution in [-0.4, -0.2) is 12.6 Å². The Hall–Kier alpha value is -0.0400. The Morgan fingerprint density at radius 2 is 1.67 bits per heavy atom. The Morgan fingerprint density at radius 3 is 2.13 bits per heavy atom. The normalized spacial score (nSPS) is 21.2. The van der Waals surface area contributed by atoms with Crippen molar-refractivity contribution < 1.29 is 0 Å². The number of rotatable bonds is 5. The third-order valence-electron chi connectivity index (χ3n) is 4.55. The molecule has 0 spiro atoms. The molecule has 1 atom stereocenters. The summed E-state index contributed by atoms with van der Waals surface area (Å²) >= 11 is 0. The molecule has 1 nitrogen and oxygen atoms in total. The molecule has 0 heterocycles. The van der Waals surface area contributed by atoms with Crippen LogP contribution in [0.3, 0.4) is 0 Å². The first-order valence-electron chi connectivity index (χ1n) is 6.67. The highest BCUT2D eigenvalue weighted by atomic mass is 14.9. The van der Waals surface area contributed by atoms with Crippen LogP contribution in [0, 0.1) is 17.3 Å². The molecule has 0 aliphatic heterocycles. The molecule has 0 aromatic carbocycles. The fourth-order valence-electron chi connectivity index (χ4n) is 2.25. The van der Waals surface area contributed by atoms with Crippen molar-refractivity contribution in [2.75, 3.05) is 6.54 Å². The lowest BCUT2D eigenvalue weighted by Gasteiger charge is -2.32. The molecule has 1 N–H and O–H groups in total. The Bertz CT molecular complexity index is 178. The maximum Gasteiger partial charge on any atom is 0.00672 e. The first-order valence-corrected chi connectivity index (χ1v) is 6.67. The van der Waals surface area contributed by atoms with Gasteiger partial charge in [-0.25, -0.2) is 0 Å². The largest absolute Gasteiger partial charge is 0.313 e. The summed E-state index contributed by atoms with van der Waals surface area (Å²) in [4.78, 5) is 0. The second kappa shape index (κ2) is 5.34. The molecule has 0 aromatic heterocycles. The predicted molar refractivity (Wildman–Crippen MR) is 68.0 cm³/mol. The van der Waals surface area contributed by atoms with Gasteiger partial charge in [0.25, 0.3) is 0 Å². The molecule has 1 saturated carbocycles. The molecule has 1 heteroatoms. The second-order valence-corrected chi connectivity index (χ2v) is 6.36. The molecule has 0 aromatic rings. The quantitative estimate of drug-likeness (QED) is 0.728. The Morgan fingerprint density at radius 1 is 1.13 bits per heavy atom. The fourth-order valence-corrected chi connectivity index (χ4v) is 2.25. The third-order valence-corrected chi connectivity index (χ3v) is 4.55. The zero-order valence-electron chi connectivity index (χ0n) is 11.3. The molecule has 1 rings (SSSR count). The Kier molecular flexibility index (Phi) is 4.64.